The van der Waals surface area contributed by atoms with E-state index in [4.69, 9.17) is 4.74 Å². The number of carbonyl (C=O) groups is 1. The van der Waals surface area contributed by atoms with E-state index < -0.39 is 0 Å². The van der Waals surface area contributed by atoms with E-state index in [-0.39, 0.29) is 5.91 Å². The predicted molar refractivity (Wildman–Crippen MR) is 89.7 cm³/mol. The molecule has 2 aromatic rings. The zero-order valence-corrected chi connectivity index (χ0v) is 14.8. The summed E-state index contributed by atoms with van der Waals surface area (Å²) in [6.07, 6.45) is 0.765. The Morgan fingerprint density at radius 2 is 2.10 bits per heavy atom. The van der Waals surface area contributed by atoms with Gasteiger partial charge in [0, 0.05) is 12.8 Å². The second-order valence-corrected chi connectivity index (χ2v) is 7.84. The largest absolute Gasteiger partial charge is 0.384 e. The van der Waals surface area contributed by atoms with Gasteiger partial charge in [0.2, 0.25) is 0 Å². The molecule has 1 aromatic carbocycles. The van der Waals surface area contributed by atoms with Gasteiger partial charge in [0.05, 0.1) is 19.7 Å². The van der Waals surface area contributed by atoms with Gasteiger partial charge in [-0.05, 0) is 56.0 Å². The minimum absolute atomic E-state index is 0.122. The second-order valence-electron chi connectivity index (χ2n) is 4.09. The average molecular weight is 419 g/mol. The third kappa shape index (κ3) is 3.91. The molecule has 0 radical (unpaired) electrons. The summed E-state index contributed by atoms with van der Waals surface area (Å²) in [5.41, 5.74) is 2.51. The van der Waals surface area contributed by atoms with Gasteiger partial charge in [-0.1, -0.05) is 18.2 Å². The van der Waals surface area contributed by atoms with Gasteiger partial charge in [-0.3, -0.25) is 4.79 Å². The number of para-hydroxylation sites is 1. The summed E-state index contributed by atoms with van der Waals surface area (Å²) < 4.78 is 6.82. The highest BCUT2D eigenvalue weighted by Crippen LogP contribution is 2.32. The standard InChI is InChI=1S/C14H13Br2NO2S/c1-19-7-6-9-4-2-3-5-11(9)17-14(18)10-8-12(15)20-13(10)16/h2-5,8H,6-7H2,1H3,(H,17,18). The zero-order chi connectivity index (χ0) is 14.5. The Morgan fingerprint density at radius 1 is 1.35 bits per heavy atom. The topological polar surface area (TPSA) is 38.3 Å². The minimum Gasteiger partial charge on any atom is -0.384 e. The average Bonchev–Trinajstić information content (AvgIpc) is 2.77. The zero-order valence-electron chi connectivity index (χ0n) is 10.8. The van der Waals surface area contributed by atoms with Crippen LogP contribution in [0, 0.1) is 0 Å². The fourth-order valence-electron chi connectivity index (χ4n) is 1.76. The van der Waals surface area contributed by atoms with Crippen molar-refractivity contribution < 1.29 is 9.53 Å². The van der Waals surface area contributed by atoms with E-state index in [1.807, 2.05) is 30.3 Å². The third-order valence-corrected chi connectivity index (χ3v) is 5.08. The van der Waals surface area contributed by atoms with Crippen LogP contribution in [0.5, 0.6) is 0 Å². The van der Waals surface area contributed by atoms with Crippen molar-refractivity contribution in [2.45, 2.75) is 6.42 Å². The van der Waals surface area contributed by atoms with E-state index >= 15 is 0 Å². The molecule has 1 heterocycles. The summed E-state index contributed by atoms with van der Waals surface area (Å²) in [5, 5.41) is 2.95. The molecule has 106 valence electrons. The summed E-state index contributed by atoms with van der Waals surface area (Å²) in [6, 6.07) is 9.56. The number of anilines is 1. The number of carbonyl (C=O) groups excluding carboxylic acids is 1. The first-order valence-electron chi connectivity index (χ1n) is 5.95. The Labute approximate surface area is 138 Å². The summed E-state index contributed by atoms with van der Waals surface area (Å²) in [6.45, 7) is 0.626. The predicted octanol–water partition coefficient (Wildman–Crippen LogP) is 4.71. The van der Waals surface area contributed by atoms with Crippen LogP contribution in [0.1, 0.15) is 15.9 Å². The maximum atomic E-state index is 12.3. The first-order chi connectivity index (χ1) is 9.61. The molecule has 0 aliphatic heterocycles. The lowest BCUT2D eigenvalue weighted by atomic mass is 10.1. The number of nitrogens with one attached hydrogen (secondary N) is 1. The van der Waals surface area contributed by atoms with Crippen LogP contribution in [0.4, 0.5) is 5.69 Å². The molecule has 0 aliphatic rings. The van der Waals surface area contributed by atoms with Crippen molar-refractivity contribution in [2.24, 2.45) is 0 Å². The van der Waals surface area contributed by atoms with E-state index in [2.05, 4.69) is 37.2 Å². The number of rotatable bonds is 5. The van der Waals surface area contributed by atoms with Crippen LogP contribution in [0.2, 0.25) is 0 Å². The summed E-state index contributed by atoms with van der Waals surface area (Å²) >= 11 is 8.26. The number of halogens is 2. The summed E-state index contributed by atoms with van der Waals surface area (Å²) in [4.78, 5) is 12.3. The Hall–Kier alpha value is -0.690. The van der Waals surface area contributed by atoms with Gasteiger partial charge in [0.1, 0.15) is 0 Å². The van der Waals surface area contributed by atoms with E-state index in [9.17, 15) is 4.79 Å². The molecule has 2 rings (SSSR count). The molecule has 1 N–H and O–H groups in total. The summed E-state index contributed by atoms with van der Waals surface area (Å²) in [5.74, 6) is -0.122. The van der Waals surface area contributed by atoms with Gasteiger partial charge in [0.15, 0.2) is 0 Å². The van der Waals surface area contributed by atoms with E-state index in [0.717, 1.165) is 25.2 Å². The molecule has 0 saturated carbocycles. The Balaban J connectivity index is 2.17. The molecule has 3 nitrogen and oxygen atoms in total. The van der Waals surface area contributed by atoms with E-state index in [1.165, 1.54) is 11.3 Å². The van der Waals surface area contributed by atoms with Crippen molar-refractivity contribution in [1.29, 1.82) is 0 Å². The molecule has 0 saturated heterocycles. The Morgan fingerprint density at radius 3 is 2.75 bits per heavy atom. The van der Waals surface area contributed by atoms with E-state index in [1.54, 1.807) is 7.11 Å². The van der Waals surface area contributed by atoms with Crippen LogP contribution in [0.3, 0.4) is 0 Å². The molecule has 1 aromatic heterocycles. The van der Waals surface area contributed by atoms with Crippen molar-refractivity contribution in [1.82, 2.24) is 0 Å². The Kier molecular flexibility index (Phi) is 5.77. The smallest absolute Gasteiger partial charge is 0.257 e. The number of ether oxygens (including phenoxy) is 1. The lowest BCUT2D eigenvalue weighted by Gasteiger charge is -2.10. The van der Waals surface area contributed by atoms with Crippen molar-refractivity contribution in [2.75, 3.05) is 19.0 Å². The molecule has 1 amide bonds. The number of benzene rings is 1. The van der Waals surface area contributed by atoms with Gasteiger partial charge in [-0.15, -0.1) is 11.3 Å². The van der Waals surface area contributed by atoms with Gasteiger partial charge in [0.25, 0.3) is 5.91 Å². The van der Waals surface area contributed by atoms with Crippen LogP contribution in [0.15, 0.2) is 37.9 Å². The summed E-state index contributed by atoms with van der Waals surface area (Å²) in [7, 11) is 1.67. The highest BCUT2D eigenvalue weighted by atomic mass is 79.9. The van der Waals surface area contributed by atoms with Crippen molar-refractivity contribution in [3.63, 3.8) is 0 Å². The highest BCUT2D eigenvalue weighted by Gasteiger charge is 2.15. The molecular weight excluding hydrogens is 406 g/mol. The van der Waals surface area contributed by atoms with Crippen LogP contribution < -0.4 is 5.32 Å². The maximum absolute atomic E-state index is 12.3. The van der Waals surface area contributed by atoms with Crippen molar-refractivity contribution >= 4 is 54.8 Å². The normalized spacial score (nSPS) is 10.6. The molecule has 20 heavy (non-hydrogen) atoms. The van der Waals surface area contributed by atoms with Crippen molar-refractivity contribution in [3.05, 3.63) is 49.0 Å². The fourth-order valence-corrected chi connectivity index (χ4v) is 4.55. The van der Waals surface area contributed by atoms with Crippen LogP contribution in [-0.4, -0.2) is 19.6 Å². The molecule has 6 heteroatoms. The van der Waals surface area contributed by atoms with Gasteiger partial charge >= 0.3 is 0 Å². The Bertz CT molecular complexity index is 613. The maximum Gasteiger partial charge on any atom is 0.257 e. The third-order valence-electron chi connectivity index (χ3n) is 2.74. The molecular formula is C14H13Br2NO2S. The first kappa shape index (κ1) is 15.7. The molecule has 0 aliphatic carbocycles. The van der Waals surface area contributed by atoms with Gasteiger partial charge in [-0.25, -0.2) is 0 Å². The number of hydrogen-bond donors (Lipinski definition) is 1. The van der Waals surface area contributed by atoms with Gasteiger partial charge < -0.3 is 10.1 Å². The number of amides is 1. The lowest BCUT2D eigenvalue weighted by molar-refractivity contribution is 0.102. The lowest BCUT2D eigenvalue weighted by Crippen LogP contribution is -2.13. The minimum atomic E-state index is -0.122. The molecule has 0 atom stereocenters. The van der Waals surface area contributed by atoms with Crippen LogP contribution >= 0.6 is 43.2 Å². The quantitative estimate of drug-likeness (QED) is 0.763. The fraction of sp³-hybridized carbons (Fsp3) is 0.214. The number of thiophene rings is 1. The SMILES string of the molecule is COCCc1ccccc1NC(=O)c1cc(Br)sc1Br. The van der Waals surface area contributed by atoms with E-state index in [0.29, 0.717) is 12.2 Å². The molecule has 0 fully saturated rings. The molecule has 0 unspecified atom stereocenters. The first-order valence-corrected chi connectivity index (χ1v) is 8.35. The van der Waals surface area contributed by atoms with Crippen LogP contribution in [-0.2, 0) is 11.2 Å². The second kappa shape index (κ2) is 7.36. The monoisotopic (exact) mass is 417 g/mol. The van der Waals surface area contributed by atoms with Crippen LogP contribution in [0.25, 0.3) is 0 Å². The number of methoxy groups -OCH3 is 1. The van der Waals surface area contributed by atoms with Crippen molar-refractivity contribution in [3.8, 4) is 0 Å². The highest BCUT2D eigenvalue weighted by molar-refractivity contribution is 9.12. The molecule has 0 bridgehead atoms. The number of hydrogen-bond acceptors (Lipinski definition) is 3. The molecule has 0 spiro atoms. The van der Waals surface area contributed by atoms with Gasteiger partial charge in [-0.2, -0.15) is 0 Å².